The largest absolute Gasteiger partial charge is 0.475 e. The van der Waals surface area contributed by atoms with E-state index in [1.54, 1.807) is 0 Å². The van der Waals surface area contributed by atoms with Crippen molar-refractivity contribution in [3.05, 3.63) is 28.8 Å². The summed E-state index contributed by atoms with van der Waals surface area (Å²) in [6.45, 7) is 0. The van der Waals surface area contributed by atoms with Crippen LogP contribution in [-0.4, -0.2) is 28.0 Å². The highest BCUT2D eigenvalue weighted by molar-refractivity contribution is 7.86. The molecule has 0 aliphatic carbocycles. The number of alkyl halides is 12. The number of hydrogen-bond acceptors (Lipinski definition) is 1. The summed E-state index contributed by atoms with van der Waals surface area (Å²) >= 11 is 5.10. The van der Waals surface area contributed by atoms with E-state index in [4.69, 9.17) is 11.6 Å². The summed E-state index contributed by atoms with van der Waals surface area (Å²) in [6, 6.07) is -0.953. The molecule has 0 aliphatic heterocycles. The van der Waals surface area contributed by atoms with Crippen molar-refractivity contribution in [1.29, 1.82) is 0 Å². The predicted molar refractivity (Wildman–Crippen MR) is 63.8 cm³/mol. The van der Waals surface area contributed by atoms with Crippen LogP contribution in [-0.2, 0) is 16.5 Å². The fourth-order valence-corrected chi connectivity index (χ4v) is 2.76. The Morgan fingerprint density at radius 2 is 1.19 bits per heavy atom. The maximum atomic E-state index is 14.2. The molecule has 0 aliphatic rings. The van der Waals surface area contributed by atoms with E-state index in [2.05, 4.69) is 0 Å². The number of rotatable bonds is 3. The first kappa shape index (κ1) is 22.9. The lowest BCUT2D eigenvalue weighted by Crippen LogP contribution is -2.59. The molecular formula is C11H3ClF12OS. The first-order valence-electron chi connectivity index (χ1n) is 5.76. The van der Waals surface area contributed by atoms with Crippen LogP contribution in [0.1, 0.15) is 5.56 Å². The van der Waals surface area contributed by atoms with Gasteiger partial charge in [0, 0.05) is 15.5 Å². The third kappa shape index (κ3) is 3.75. The Bertz CT molecular complexity index is 707. The normalized spacial score (nSPS) is 17.7. The zero-order valence-corrected chi connectivity index (χ0v) is 13.0. The standard InChI is InChI=1S/C11H3ClF12OS/c12-5-1-4(2-6(3-5)26(25)11(22,23)24)7(13,9(16,17)18)8(14,15)10(19,20)21/h1-3H. The molecule has 0 spiro atoms. The van der Waals surface area contributed by atoms with Crippen LogP contribution in [0.4, 0.5) is 52.7 Å². The summed E-state index contributed by atoms with van der Waals surface area (Å²) < 4.78 is 164. The van der Waals surface area contributed by atoms with E-state index < -0.39 is 61.8 Å². The molecule has 2 unspecified atom stereocenters. The zero-order chi connectivity index (χ0) is 20.9. The fourth-order valence-electron chi connectivity index (χ4n) is 1.72. The van der Waals surface area contributed by atoms with Crippen LogP contribution in [0.3, 0.4) is 0 Å². The molecule has 2 atom stereocenters. The van der Waals surface area contributed by atoms with Gasteiger partial charge in [-0.3, -0.25) is 0 Å². The van der Waals surface area contributed by atoms with Crippen molar-refractivity contribution in [3.8, 4) is 0 Å². The Morgan fingerprint density at radius 3 is 1.54 bits per heavy atom. The first-order chi connectivity index (χ1) is 11.3. The Labute approximate surface area is 143 Å². The van der Waals surface area contributed by atoms with E-state index in [0.717, 1.165) is 0 Å². The second-order valence-electron chi connectivity index (χ2n) is 4.62. The minimum atomic E-state index is -7.10. The molecule has 0 amide bonds. The topological polar surface area (TPSA) is 17.1 Å². The van der Waals surface area contributed by atoms with Crippen LogP contribution in [0.15, 0.2) is 23.1 Å². The van der Waals surface area contributed by atoms with Crippen LogP contribution >= 0.6 is 11.6 Å². The van der Waals surface area contributed by atoms with Gasteiger partial charge in [0.05, 0.1) is 0 Å². The van der Waals surface area contributed by atoms with Gasteiger partial charge in [0.1, 0.15) is 0 Å². The van der Waals surface area contributed by atoms with Gasteiger partial charge in [-0.25, -0.2) is 8.60 Å². The van der Waals surface area contributed by atoms with Crippen LogP contribution in [0.2, 0.25) is 5.02 Å². The van der Waals surface area contributed by atoms with Gasteiger partial charge in [-0.1, -0.05) is 11.6 Å². The number of benzene rings is 1. The summed E-state index contributed by atoms with van der Waals surface area (Å²) in [5.41, 5.74) is -14.7. The average molecular weight is 447 g/mol. The van der Waals surface area contributed by atoms with E-state index in [0.29, 0.717) is 0 Å². The van der Waals surface area contributed by atoms with Crippen molar-refractivity contribution in [1.82, 2.24) is 0 Å². The van der Waals surface area contributed by atoms with Gasteiger partial charge in [-0.2, -0.15) is 48.3 Å². The third-order valence-corrected chi connectivity index (χ3v) is 4.18. The predicted octanol–water partition coefficient (Wildman–Crippen LogP) is 5.89. The van der Waals surface area contributed by atoms with Gasteiger partial charge in [0.2, 0.25) is 0 Å². The molecule has 1 aromatic carbocycles. The monoisotopic (exact) mass is 446 g/mol. The lowest BCUT2D eigenvalue weighted by atomic mass is 9.87. The minimum absolute atomic E-state index is 0.0805. The quantitative estimate of drug-likeness (QED) is 0.529. The SMILES string of the molecule is O=S(c1cc(Cl)cc(C(F)(C(F)(F)F)C(F)(F)C(F)(F)F)c1)C(F)(F)F. The number of halogens is 13. The van der Waals surface area contributed by atoms with E-state index in [1.165, 1.54) is 0 Å². The van der Waals surface area contributed by atoms with Gasteiger partial charge in [0.25, 0.3) is 0 Å². The third-order valence-electron chi connectivity index (χ3n) is 2.87. The van der Waals surface area contributed by atoms with Crippen molar-refractivity contribution < 1.29 is 56.9 Å². The molecule has 0 N–H and O–H groups in total. The summed E-state index contributed by atoms with van der Waals surface area (Å²) in [7, 11) is -4.18. The summed E-state index contributed by atoms with van der Waals surface area (Å²) in [6.07, 6.45) is -14.0. The molecule has 1 nitrogen and oxygen atoms in total. The molecule has 15 heteroatoms. The highest BCUT2D eigenvalue weighted by Gasteiger charge is 2.81. The molecule has 0 saturated carbocycles. The zero-order valence-electron chi connectivity index (χ0n) is 11.5. The van der Waals surface area contributed by atoms with Gasteiger partial charge in [-0.05, 0) is 18.2 Å². The van der Waals surface area contributed by atoms with E-state index in [-0.39, 0.29) is 12.1 Å². The molecule has 0 bridgehead atoms. The lowest BCUT2D eigenvalue weighted by Gasteiger charge is -2.36. The summed E-state index contributed by atoms with van der Waals surface area (Å²) in [5, 5.41) is -1.28. The second-order valence-corrected chi connectivity index (χ2v) is 6.53. The molecule has 150 valence electrons. The summed E-state index contributed by atoms with van der Waals surface area (Å²) in [5.74, 6) is -7.10. The maximum absolute atomic E-state index is 14.2. The van der Waals surface area contributed by atoms with E-state index in [1.807, 2.05) is 0 Å². The number of hydrogen-bond donors (Lipinski definition) is 0. The smallest absolute Gasteiger partial charge is 0.245 e. The van der Waals surface area contributed by atoms with E-state index in [9.17, 15) is 56.9 Å². The van der Waals surface area contributed by atoms with Gasteiger partial charge < -0.3 is 0 Å². The van der Waals surface area contributed by atoms with Crippen molar-refractivity contribution >= 4 is 22.4 Å². The Morgan fingerprint density at radius 1 is 0.731 bits per heavy atom. The molecular weight excluding hydrogens is 444 g/mol. The van der Waals surface area contributed by atoms with Crippen LogP contribution < -0.4 is 0 Å². The van der Waals surface area contributed by atoms with Crippen molar-refractivity contribution in [2.24, 2.45) is 0 Å². The Hall–Kier alpha value is -1.18. The van der Waals surface area contributed by atoms with Crippen LogP contribution in [0.5, 0.6) is 0 Å². The van der Waals surface area contributed by atoms with Gasteiger partial charge >= 0.3 is 29.5 Å². The van der Waals surface area contributed by atoms with Crippen molar-refractivity contribution in [2.75, 3.05) is 0 Å². The van der Waals surface area contributed by atoms with Gasteiger partial charge in [-0.15, -0.1) is 0 Å². The van der Waals surface area contributed by atoms with Gasteiger partial charge in [0.15, 0.2) is 10.8 Å². The van der Waals surface area contributed by atoms with Crippen molar-refractivity contribution in [3.63, 3.8) is 0 Å². The van der Waals surface area contributed by atoms with Crippen LogP contribution in [0.25, 0.3) is 0 Å². The molecule has 26 heavy (non-hydrogen) atoms. The average Bonchev–Trinajstić information content (AvgIpc) is 2.41. The molecule has 0 heterocycles. The Kier molecular flexibility index (Phi) is 5.68. The molecule has 0 radical (unpaired) electrons. The van der Waals surface area contributed by atoms with Crippen molar-refractivity contribution in [2.45, 2.75) is 34.3 Å². The molecule has 1 aromatic rings. The minimum Gasteiger partial charge on any atom is -0.245 e. The van der Waals surface area contributed by atoms with E-state index >= 15 is 0 Å². The first-order valence-corrected chi connectivity index (χ1v) is 7.29. The molecule has 0 saturated heterocycles. The molecule has 0 fully saturated rings. The second kappa shape index (κ2) is 6.46. The highest BCUT2D eigenvalue weighted by Crippen LogP contribution is 2.58. The van der Waals surface area contributed by atoms with Crippen LogP contribution in [0, 0.1) is 0 Å². The fraction of sp³-hybridized carbons (Fsp3) is 0.455. The molecule has 0 aromatic heterocycles. The lowest BCUT2D eigenvalue weighted by molar-refractivity contribution is -0.389. The maximum Gasteiger partial charge on any atom is 0.475 e. The summed E-state index contributed by atoms with van der Waals surface area (Å²) in [4.78, 5) is -1.75. The molecule has 1 rings (SSSR count). The Balaban J connectivity index is 3.82. The highest BCUT2D eigenvalue weighted by atomic mass is 35.5.